The van der Waals surface area contributed by atoms with Crippen molar-refractivity contribution in [2.24, 2.45) is 0 Å². The maximum absolute atomic E-state index is 11.9. The Labute approximate surface area is 120 Å². The summed E-state index contributed by atoms with van der Waals surface area (Å²) in [5.41, 5.74) is 1.26. The van der Waals surface area contributed by atoms with Crippen LogP contribution < -0.4 is 5.32 Å². The summed E-state index contributed by atoms with van der Waals surface area (Å²) in [5.74, 6) is -0.353. The number of nitrogens with zero attached hydrogens (tertiary/aromatic N) is 2. The summed E-state index contributed by atoms with van der Waals surface area (Å²) < 4.78 is 0. The van der Waals surface area contributed by atoms with Crippen LogP contribution in [-0.4, -0.2) is 10.8 Å². The van der Waals surface area contributed by atoms with Crippen LogP contribution in [0.4, 0.5) is 11.4 Å². The van der Waals surface area contributed by atoms with E-state index in [-0.39, 0.29) is 23.7 Å². The molecule has 1 amide bonds. The van der Waals surface area contributed by atoms with E-state index >= 15 is 0 Å². The maximum Gasteiger partial charge on any atom is 0.292 e. The average Bonchev–Trinajstić information content (AvgIpc) is 2.48. The van der Waals surface area contributed by atoms with E-state index in [1.165, 1.54) is 18.2 Å². The van der Waals surface area contributed by atoms with Crippen molar-refractivity contribution in [3.8, 4) is 6.07 Å². The maximum atomic E-state index is 11.9. The Morgan fingerprint density at radius 3 is 2.48 bits per heavy atom. The fourth-order valence-electron chi connectivity index (χ4n) is 1.82. The van der Waals surface area contributed by atoms with Crippen molar-refractivity contribution in [1.29, 1.82) is 5.26 Å². The number of para-hydroxylation sites is 2. The fraction of sp³-hybridized carbons (Fsp3) is 0.0667. The Bertz CT molecular complexity index is 718. The number of hydrogen-bond donors (Lipinski definition) is 1. The van der Waals surface area contributed by atoms with Gasteiger partial charge in [-0.25, -0.2) is 0 Å². The van der Waals surface area contributed by atoms with Crippen molar-refractivity contribution in [2.75, 3.05) is 5.32 Å². The molecule has 0 radical (unpaired) electrons. The van der Waals surface area contributed by atoms with Gasteiger partial charge in [0.15, 0.2) is 0 Å². The van der Waals surface area contributed by atoms with Crippen molar-refractivity contribution < 1.29 is 9.72 Å². The van der Waals surface area contributed by atoms with Gasteiger partial charge >= 0.3 is 0 Å². The zero-order valence-electron chi connectivity index (χ0n) is 10.9. The van der Waals surface area contributed by atoms with Crippen molar-refractivity contribution >= 4 is 17.3 Å². The van der Waals surface area contributed by atoms with Gasteiger partial charge in [0.05, 0.1) is 23.0 Å². The molecule has 0 saturated carbocycles. The molecule has 0 aliphatic carbocycles. The third-order valence-electron chi connectivity index (χ3n) is 2.82. The van der Waals surface area contributed by atoms with Gasteiger partial charge in [-0.3, -0.25) is 14.9 Å². The molecule has 0 fully saturated rings. The number of carbonyl (C=O) groups is 1. The lowest BCUT2D eigenvalue weighted by Gasteiger charge is -2.06. The van der Waals surface area contributed by atoms with Crippen LogP contribution >= 0.6 is 0 Å². The standard InChI is InChI=1S/C15H11N3O3/c16-10-12-7-5-11(6-8-12)9-15(19)17-13-3-1-2-4-14(13)18(20)21/h1-8H,9H2,(H,17,19). The SMILES string of the molecule is N#Cc1ccc(CC(=O)Nc2ccccc2[N+](=O)[O-])cc1. The molecular formula is C15H11N3O3. The molecule has 0 saturated heterocycles. The highest BCUT2D eigenvalue weighted by molar-refractivity contribution is 5.94. The van der Waals surface area contributed by atoms with Crippen LogP contribution in [0.1, 0.15) is 11.1 Å². The molecule has 0 atom stereocenters. The molecule has 2 aromatic carbocycles. The normalized spacial score (nSPS) is 9.67. The van der Waals surface area contributed by atoms with E-state index in [4.69, 9.17) is 5.26 Å². The predicted octanol–water partition coefficient (Wildman–Crippen LogP) is 2.65. The zero-order chi connectivity index (χ0) is 15.2. The van der Waals surface area contributed by atoms with Crippen LogP contribution in [0.15, 0.2) is 48.5 Å². The number of carbonyl (C=O) groups excluding carboxylic acids is 1. The van der Waals surface area contributed by atoms with Gasteiger partial charge in [-0.2, -0.15) is 5.26 Å². The largest absolute Gasteiger partial charge is 0.320 e. The quantitative estimate of drug-likeness (QED) is 0.688. The Balaban J connectivity index is 2.08. The minimum absolute atomic E-state index is 0.0811. The van der Waals surface area contributed by atoms with Gasteiger partial charge in [0.2, 0.25) is 5.91 Å². The third-order valence-corrected chi connectivity index (χ3v) is 2.82. The topological polar surface area (TPSA) is 96.0 Å². The summed E-state index contributed by atoms with van der Waals surface area (Å²) in [4.78, 5) is 22.2. The summed E-state index contributed by atoms with van der Waals surface area (Å²) in [5, 5.41) is 22.1. The van der Waals surface area contributed by atoms with Crippen LogP contribution in [0.3, 0.4) is 0 Å². The summed E-state index contributed by atoms with van der Waals surface area (Å²) in [6, 6.07) is 14.5. The first-order valence-corrected chi connectivity index (χ1v) is 6.12. The first-order valence-electron chi connectivity index (χ1n) is 6.12. The van der Waals surface area contributed by atoms with Crippen LogP contribution in [0, 0.1) is 21.4 Å². The number of nitro benzene ring substituents is 1. The molecule has 2 rings (SSSR count). The Morgan fingerprint density at radius 1 is 1.19 bits per heavy atom. The molecular weight excluding hydrogens is 270 g/mol. The van der Waals surface area contributed by atoms with Gasteiger partial charge in [-0.05, 0) is 23.8 Å². The highest BCUT2D eigenvalue weighted by atomic mass is 16.6. The Morgan fingerprint density at radius 2 is 1.86 bits per heavy atom. The van der Waals surface area contributed by atoms with Gasteiger partial charge < -0.3 is 5.32 Å². The van der Waals surface area contributed by atoms with Gasteiger partial charge in [0.1, 0.15) is 5.69 Å². The van der Waals surface area contributed by atoms with Gasteiger partial charge in [0, 0.05) is 6.07 Å². The molecule has 104 valence electrons. The van der Waals surface area contributed by atoms with E-state index < -0.39 is 4.92 Å². The number of benzene rings is 2. The van der Waals surface area contributed by atoms with Gasteiger partial charge in [0.25, 0.3) is 5.69 Å². The molecule has 0 unspecified atom stereocenters. The Hall–Kier alpha value is -3.20. The van der Waals surface area contributed by atoms with Crippen molar-refractivity contribution in [1.82, 2.24) is 0 Å². The molecule has 0 aliphatic heterocycles. The van der Waals surface area contributed by atoms with Gasteiger partial charge in [-0.15, -0.1) is 0 Å². The average molecular weight is 281 g/mol. The highest BCUT2D eigenvalue weighted by Crippen LogP contribution is 2.23. The van der Waals surface area contributed by atoms with E-state index in [0.717, 1.165) is 5.56 Å². The molecule has 21 heavy (non-hydrogen) atoms. The second-order valence-electron chi connectivity index (χ2n) is 4.31. The highest BCUT2D eigenvalue weighted by Gasteiger charge is 2.14. The minimum atomic E-state index is -0.544. The molecule has 1 N–H and O–H groups in total. The lowest BCUT2D eigenvalue weighted by molar-refractivity contribution is -0.383. The first-order chi connectivity index (χ1) is 10.1. The first kappa shape index (κ1) is 14.2. The van der Waals surface area contributed by atoms with Crippen molar-refractivity contribution in [3.63, 3.8) is 0 Å². The molecule has 0 bridgehead atoms. The van der Waals surface area contributed by atoms with E-state index in [1.807, 2.05) is 6.07 Å². The molecule has 6 heteroatoms. The number of nitro groups is 1. The number of rotatable bonds is 4. The summed E-state index contributed by atoms with van der Waals surface area (Å²) in [6.07, 6.45) is 0.0811. The number of nitriles is 1. The molecule has 2 aromatic rings. The lowest BCUT2D eigenvalue weighted by atomic mass is 10.1. The van der Waals surface area contributed by atoms with E-state index in [0.29, 0.717) is 5.56 Å². The van der Waals surface area contributed by atoms with Crippen LogP contribution in [0.2, 0.25) is 0 Å². The van der Waals surface area contributed by atoms with Crippen molar-refractivity contribution in [2.45, 2.75) is 6.42 Å². The van der Waals surface area contributed by atoms with Gasteiger partial charge in [-0.1, -0.05) is 24.3 Å². The number of amides is 1. The van der Waals surface area contributed by atoms with Crippen LogP contribution in [-0.2, 0) is 11.2 Å². The van der Waals surface area contributed by atoms with Crippen LogP contribution in [0.5, 0.6) is 0 Å². The molecule has 0 aliphatic rings. The summed E-state index contributed by atoms with van der Waals surface area (Å²) in [7, 11) is 0. The summed E-state index contributed by atoms with van der Waals surface area (Å²) in [6.45, 7) is 0. The molecule has 0 heterocycles. The van der Waals surface area contributed by atoms with Crippen molar-refractivity contribution in [3.05, 3.63) is 69.8 Å². The number of anilines is 1. The van der Waals surface area contributed by atoms with Crippen LogP contribution in [0.25, 0.3) is 0 Å². The lowest BCUT2D eigenvalue weighted by Crippen LogP contribution is -2.15. The fourth-order valence-corrected chi connectivity index (χ4v) is 1.82. The monoisotopic (exact) mass is 281 g/mol. The zero-order valence-corrected chi connectivity index (χ0v) is 10.9. The summed E-state index contributed by atoms with van der Waals surface area (Å²) >= 11 is 0. The molecule has 0 aromatic heterocycles. The smallest absolute Gasteiger partial charge is 0.292 e. The van der Waals surface area contributed by atoms with E-state index in [9.17, 15) is 14.9 Å². The number of hydrogen-bond acceptors (Lipinski definition) is 4. The second kappa shape index (κ2) is 6.30. The third kappa shape index (κ3) is 3.64. The Kier molecular flexibility index (Phi) is 4.26. The number of nitrogens with one attached hydrogen (secondary N) is 1. The van der Waals surface area contributed by atoms with E-state index in [2.05, 4.69) is 5.32 Å². The molecule has 0 spiro atoms. The predicted molar refractivity (Wildman–Crippen MR) is 76.6 cm³/mol. The second-order valence-corrected chi connectivity index (χ2v) is 4.31. The minimum Gasteiger partial charge on any atom is -0.320 e. The molecule has 6 nitrogen and oxygen atoms in total. The van der Waals surface area contributed by atoms with E-state index in [1.54, 1.807) is 30.3 Å².